The molecule has 0 amide bonds. The fourth-order valence-corrected chi connectivity index (χ4v) is 8.94. The average Bonchev–Trinajstić information content (AvgIpc) is 3.81. The largest absolute Gasteiger partial charge is 1.00 e. The van der Waals surface area contributed by atoms with Gasteiger partial charge in [0.1, 0.15) is 0 Å². The maximum Gasteiger partial charge on any atom is -1.00 e. The molecule has 0 aliphatic heterocycles. The van der Waals surface area contributed by atoms with Crippen LogP contribution in [0, 0.1) is 23.5 Å². The molecule has 0 bridgehead atoms. The Balaban J connectivity index is 0.000000244. The van der Waals surface area contributed by atoms with Crippen LogP contribution in [0.4, 0.5) is 0 Å². The molecule has 0 saturated heterocycles. The number of allylic oxidation sites excluding steroid dienone is 4. The van der Waals surface area contributed by atoms with Crippen molar-refractivity contribution in [2.75, 3.05) is 0 Å². The number of fused-ring (bicyclic) bond motifs is 3. The number of halogens is 2. The van der Waals surface area contributed by atoms with Crippen LogP contribution >= 0.6 is 0 Å². The van der Waals surface area contributed by atoms with Gasteiger partial charge >= 0.3 is 76.7 Å². The molecule has 1 atom stereocenters. The van der Waals surface area contributed by atoms with Crippen molar-refractivity contribution >= 4 is 3.21 Å². The summed E-state index contributed by atoms with van der Waals surface area (Å²) in [5.74, 6) is 0.550. The third-order valence-electron chi connectivity index (χ3n) is 11.9. The Morgan fingerprint density at radius 1 is 0.690 bits per heavy atom. The van der Waals surface area contributed by atoms with E-state index in [9.17, 15) is 0 Å². The Morgan fingerprint density at radius 2 is 1.22 bits per heavy atom. The van der Waals surface area contributed by atoms with Gasteiger partial charge in [0.2, 0.25) is 0 Å². The van der Waals surface area contributed by atoms with Crippen LogP contribution < -0.4 is 24.8 Å². The van der Waals surface area contributed by atoms with Crippen LogP contribution in [0.2, 0.25) is 0 Å². The van der Waals surface area contributed by atoms with Crippen LogP contribution in [0.1, 0.15) is 129 Å². The number of benzene rings is 5. The average molecular weight is 885 g/mol. The van der Waals surface area contributed by atoms with Gasteiger partial charge in [0.25, 0.3) is 0 Å². The summed E-state index contributed by atoms with van der Waals surface area (Å²) in [6, 6.07) is 43.4. The minimum Gasteiger partial charge on any atom is -1.00 e. The van der Waals surface area contributed by atoms with Gasteiger partial charge in [-0.25, -0.2) is 6.08 Å². The van der Waals surface area contributed by atoms with Gasteiger partial charge in [-0.15, -0.1) is 28.8 Å². The predicted octanol–water partition coefficient (Wildman–Crippen LogP) is 9.05. The van der Waals surface area contributed by atoms with Crippen molar-refractivity contribution in [3.05, 3.63) is 167 Å². The summed E-state index contributed by atoms with van der Waals surface area (Å²) in [7, 11) is 0. The van der Waals surface area contributed by atoms with Gasteiger partial charge in [-0.2, -0.15) is 11.6 Å². The van der Waals surface area contributed by atoms with E-state index in [0.717, 1.165) is 6.42 Å². The topological polar surface area (TPSA) is 0 Å². The van der Waals surface area contributed by atoms with Crippen molar-refractivity contribution in [2.45, 2.75) is 118 Å². The summed E-state index contributed by atoms with van der Waals surface area (Å²) >= 11 is 1.54. The SMILES string of the molecule is CC(C)(C)c1cc2c([c-]c1-c1ccccc1)Cc1cc(-c3ccccc3)c(C(C)(C)C)cc1-2.CC1[C-]=CC(C2(C)CCCCC2)=C1.CC[C](=[Zr+2])c1ccccc1.[Cl-].[Cl-]. The molecular formula is C55H62Cl2Zr-2. The third kappa shape index (κ3) is 11.4. The van der Waals surface area contributed by atoms with Crippen molar-refractivity contribution in [1.82, 2.24) is 0 Å². The van der Waals surface area contributed by atoms with Crippen LogP contribution in [-0.4, -0.2) is 3.21 Å². The van der Waals surface area contributed by atoms with Crippen LogP contribution in [0.3, 0.4) is 0 Å². The van der Waals surface area contributed by atoms with Gasteiger partial charge in [0, 0.05) is 0 Å². The Morgan fingerprint density at radius 3 is 1.74 bits per heavy atom. The molecule has 8 rings (SSSR count). The standard InChI is InChI=1S/C33H33.C13H19.C9H10.2ClH.Zr/c1-32(2,3)30-20-26-24(18-28(30)22-13-9-7-10-14-22)17-25-19-29(23-15-11-8-12-16-23)31(21-27(25)26)33(4,5)6;1-11-6-7-12(10-11)13(2)8-4-3-5-9-13;1-2-6-9-7-4-3-5-8-9;;;/h7-16,18,20-21H,17H2,1-6H3;7,10-11H,3-5,8-9H2,1-2H3;3-5,7-8H,2H2,1H3;2*1H;/q2*-1;;;;+2/p-2. The molecule has 3 aliphatic rings. The fourth-order valence-electron chi connectivity index (χ4n) is 8.53. The van der Waals surface area contributed by atoms with E-state index in [0.29, 0.717) is 11.3 Å². The van der Waals surface area contributed by atoms with E-state index in [1.165, 1.54) is 124 Å². The Labute approximate surface area is 379 Å². The van der Waals surface area contributed by atoms with E-state index >= 15 is 0 Å². The third-order valence-corrected chi connectivity index (χ3v) is 13.5. The van der Waals surface area contributed by atoms with Crippen molar-refractivity contribution in [3.8, 4) is 33.4 Å². The van der Waals surface area contributed by atoms with Crippen LogP contribution in [-0.2, 0) is 41.5 Å². The summed E-state index contributed by atoms with van der Waals surface area (Å²) in [4.78, 5) is 0. The summed E-state index contributed by atoms with van der Waals surface area (Å²) in [6.45, 7) is 20.7. The molecule has 1 unspecified atom stereocenters. The molecule has 302 valence electrons. The van der Waals surface area contributed by atoms with Gasteiger partial charge in [-0.3, -0.25) is 6.08 Å². The molecule has 0 nitrogen and oxygen atoms in total. The molecular weight excluding hydrogens is 823 g/mol. The van der Waals surface area contributed by atoms with Crippen molar-refractivity contribution in [1.29, 1.82) is 0 Å². The van der Waals surface area contributed by atoms with Crippen LogP contribution in [0.25, 0.3) is 33.4 Å². The minimum atomic E-state index is 0. The minimum absolute atomic E-state index is 0. The zero-order valence-electron chi connectivity index (χ0n) is 36.3. The van der Waals surface area contributed by atoms with Gasteiger partial charge in [0.05, 0.1) is 0 Å². The van der Waals surface area contributed by atoms with E-state index in [1.54, 1.807) is 8.78 Å². The summed E-state index contributed by atoms with van der Waals surface area (Å²) < 4.78 is 1.55. The molecule has 1 fully saturated rings. The second kappa shape index (κ2) is 20.5. The summed E-state index contributed by atoms with van der Waals surface area (Å²) in [6.07, 6.45) is 17.1. The predicted molar refractivity (Wildman–Crippen MR) is 239 cm³/mol. The zero-order chi connectivity index (χ0) is 40.1. The van der Waals surface area contributed by atoms with E-state index in [-0.39, 0.29) is 35.6 Å². The van der Waals surface area contributed by atoms with Crippen molar-refractivity contribution < 1.29 is 49.0 Å². The van der Waals surface area contributed by atoms with Gasteiger partial charge < -0.3 is 24.8 Å². The van der Waals surface area contributed by atoms with E-state index in [4.69, 9.17) is 0 Å². The molecule has 0 aromatic heterocycles. The first-order valence-electron chi connectivity index (χ1n) is 21.0. The van der Waals surface area contributed by atoms with E-state index in [1.807, 2.05) is 0 Å². The molecule has 0 heterocycles. The first-order chi connectivity index (χ1) is 26.7. The maximum atomic E-state index is 3.88. The Hall–Kier alpha value is -3.09. The van der Waals surface area contributed by atoms with Gasteiger partial charge in [0.15, 0.2) is 0 Å². The van der Waals surface area contributed by atoms with E-state index < -0.39 is 0 Å². The molecule has 58 heavy (non-hydrogen) atoms. The monoisotopic (exact) mass is 882 g/mol. The molecule has 1 saturated carbocycles. The van der Waals surface area contributed by atoms with E-state index in [2.05, 4.69) is 196 Å². The molecule has 5 aromatic carbocycles. The molecule has 0 N–H and O–H groups in total. The smallest absolute Gasteiger partial charge is 1.00 e. The van der Waals surface area contributed by atoms with Gasteiger partial charge in [-0.05, 0) is 39.5 Å². The first kappa shape index (κ1) is 47.6. The second-order valence-corrected chi connectivity index (χ2v) is 19.9. The number of hydrogen-bond donors (Lipinski definition) is 0. The maximum absolute atomic E-state index is 3.88. The van der Waals surface area contributed by atoms with Crippen molar-refractivity contribution in [2.24, 2.45) is 11.3 Å². The van der Waals surface area contributed by atoms with Crippen molar-refractivity contribution in [3.63, 3.8) is 0 Å². The second-order valence-electron chi connectivity index (χ2n) is 18.5. The fraction of sp³-hybridized carbons (Fsp3) is 0.364. The molecule has 3 heteroatoms. The normalized spacial score (nSPS) is 16.2. The van der Waals surface area contributed by atoms with Crippen LogP contribution in [0.5, 0.6) is 0 Å². The summed E-state index contributed by atoms with van der Waals surface area (Å²) in [5.41, 5.74) is 16.9. The van der Waals surface area contributed by atoms with Crippen LogP contribution in [0.15, 0.2) is 127 Å². The number of rotatable bonds is 5. The molecule has 5 aromatic rings. The molecule has 3 aliphatic carbocycles. The summed E-state index contributed by atoms with van der Waals surface area (Å²) in [5, 5.41) is 0. The number of hydrogen-bond acceptors (Lipinski definition) is 0. The quantitative estimate of drug-likeness (QED) is 0.152. The van der Waals surface area contributed by atoms with Gasteiger partial charge in [-0.1, -0.05) is 188 Å². The first-order valence-corrected chi connectivity index (χ1v) is 22.2. The molecule has 0 radical (unpaired) electrons. The zero-order valence-corrected chi connectivity index (χ0v) is 40.3. The Kier molecular flexibility index (Phi) is 16.8. The Bertz CT molecular complexity index is 2070. The molecule has 0 spiro atoms.